The van der Waals surface area contributed by atoms with E-state index in [1.807, 2.05) is 31.2 Å². The molecule has 1 spiro atoms. The van der Waals surface area contributed by atoms with Crippen LogP contribution in [-0.4, -0.2) is 43.0 Å². The van der Waals surface area contributed by atoms with E-state index < -0.39 is 5.54 Å². The summed E-state index contributed by atoms with van der Waals surface area (Å²) in [6, 6.07) is 11.8. The van der Waals surface area contributed by atoms with Gasteiger partial charge in [0.2, 0.25) is 0 Å². The van der Waals surface area contributed by atoms with E-state index in [0.29, 0.717) is 30.4 Å². The van der Waals surface area contributed by atoms with Gasteiger partial charge in [-0.1, -0.05) is 24.6 Å². The van der Waals surface area contributed by atoms with Crippen LogP contribution in [0, 0.1) is 11.8 Å². The largest absolute Gasteiger partial charge is 0.486 e. The van der Waals surface area contributed by atoms with Crippen molar-refractivity contribution in [2.75, 3.05) is 25.6 Å². The second kappa shape index (κ2) is 9.79. The number of fused-ring (bicyclic) bond motifs is 3. The van der Waals surface area contributed by atoms with E-state index in [2.05, 4.69) is 24.4 Å². The monoisotopic (exact) mass is 513 g/mol. The number of esters is 1. The van der Waals surface area contributed by atoms with Crippen LogP contribution in [0.2, 0.25) is 5.02 Å². The number of carbonyl (C=O) groups excluding carboxylic acids is 1. The Morgan fingerprint density at radius 1 is 1.22 bits per heavy atom. The first-order valence-corrected chi connectivity index (χ1v) is 13.4. The zero-order chi connectivity index (χ0) is 25.5. The number of hydrogen-bond acceptors (Lipinski definition) is 6. The molecular weight excluding hydrogens is 478 g/mol. The van der Waals surface area contributed by atoms with Crippen LogP contribution in [0.5, 0.6) is 11.5 Å². The highest BCUT2D eigenvalue weighted by molar-refractivity contribution is 6.30. The van der Waals surface area contributed by atoms with E-state index in [0.717, 1.165) is 42.9 Å². The Kier molecular flexibility index (Phi) is 6.86. The van der Waals surface area contributed by atoms with Gasteiger partial charge < -0.3 is 24.6 Å². The maximum atomic E-state index is 13.2. The van der Waals surface area contributed by atoms with Crippen LogP contribution in [0.1, 0.15) is 57.1 Å². The number of aliphatic hydroxyl groups is 1. The number of nitrogens with one attached hydrogen (secondary N) is 1. The first kappa shape index (κ1) is 25.2. The minimum atomic E-state index is -0.816. The maximum Gasteiger partial charge on any atom is 0.331 e. The fourth-order valence-corrected chi connectivity index (χ4v) is 6.86. The van der Waals surface area contributed by atoms with Gasteiger partial charge in [-0.05, 0) is 104 Å². The molecule has 194 valence electrons. The summed E-state index contributed by atoms with van der Waals surface area (Å²) in [5.74, 6) is 1.97. The predicted molar refractivity (Wildman–Crippen MR) is 140 cm³/mol. The normalized spacial score (nSPS) is 29.5. The highest BCUT2D eigenvalue weighted by atomic mass is 35.5. The average Bonchev–Trinajstić information content (AvgIpc) is 3.15. The summed E-state index contributed by atoms with van der Waals surface area (Å²) in [5, 5.41) is 14.0. The fourth-order valence-electron chi connectivity index (χ4n) is 6.67. The predicted octanol–water partition coefficient (Wildman–Crippen LogP) is 5.53. The lowest BCUT2D eigenvalue weighted by Gasteiger charge is -2.47. The van der Waals surface area contributed by atoms with Gasteiger partial charge >= 0.3 is 5.97 Å². The molecule has 3 atom stereocenters. The molecule has 0 amide bonds. The van der Waals surface area contributed by atoms with E-state index in [-0.39, 0.29) is 30.0 Å². The van der Waals surface area contributed by atoms with Crippen LogP contribution >= 0.6 is 11.6 Å². The Morgan fingerprint density at radius 2 is 2.00 bits per heavy atom. The lowest BCUT2D eigenvalue weighted by Crippen LogP contribution is -2.53. The third kappa shape index (κ3) is 4.43. The third-order valence-electron chi connectivity index (χ3n) is 8.53. The summed E-state index contributed by atoms with van der Waals surface area (Å²) in [7, 11) is 1.45. The Labute approximate surface area is 218 Å². The van der Waals surface area contributed by atoms with Gasteiger partial charge in [-0.15, -0.1) is 0 Å². The Bertz CT molecular complexity index is 1130. The number of anilines is 1. The molecule has 1 heterocycles. The molecule has 1 aliphatic heterocycles. The van der Waals surface area contributed by atoms with Crippen molar-refractivity contribution in [3.8, 4) is 11.5 Å². The molecule has 0 radical (unpaired) electrons. The van der Waals surface area contributed by atoms with Gasteiger partial charge in [0, 0.05) is 17.3 Å². The van der Waals surface area contributed by atoms with Crippen molar-refractivity contribution in [3.63, 3.8) is 0 Å². The van der Waals surface area contributed by atoms with Crippen LogP contribution in [-0.2, 0) is 21.4 Å². The highest BCUT2D eigenvalue weighted by Crippen LogP contribution is 2.58. The summed E-state index contributed by atoms with van der Waals surface area (Å²) in [6.07, 6.45) is 4.85. The van der Waals surface area contributed by atoms with Crippen molar-refractivity contribution in [2.24, 2.45) is 11.8 Å². The van der Waals surface area contributed by atoms with Gasteiger partial charge in [0.15, 0.2) is 11.5 Å². The molecule has 0 saturated heterocycles. The number of aliphatic hydroxyl groups excluding tert-OH is 1. The van der Waals surface area contributed by atoms with E-state index >= 15 is 0 Å². The van der Waals surface area contributed by atoms with Gasteiger partial charge in [-0.2, -0.15) is 0 Å². The molecule has 6 nitrogen and oxygen atoms in total. The summed E-state index contributed by atoms with van der Waals surface area (Å²) in [5.41, 5.74) is 2.53. The number of rotatable bonds is 6. The molecule has 2 aromatic carbocycles. The van der Waals surface area contributed by atoms with Crippen molar-refractivity contribution in [3.05, 3.63) is 52.5 Å². The molecule has 2 aromatic rings. The van der Waals surface area contributed by atoms with Crippen LogP contribution in [0.4, 0.5) is 5.69 Å². The van der Waals surface area contributed by atoms with Crippen molar-refractivity contribution in [1.82, 2.24) is 0 Å². The molecule has 7 heteroatoms. The van der Waals surface area contributed by atoms with Crippen molar-refractivity contribution >= 4 is 23.3 Å². The number of carbonyl (C=O) groups is 1. The van der Waals surface area contributed by atoms with Gasteiger partial charge in [0.05, 0.1) is 7.11 Å². The molecule has 2 N–H and O–H groups in total. The standard InChI is InChI=1S/C29H36ClNO5/c1-18(16-32)11-21-12-20-13-26-25(35-17-19(2)36-26)15-24(20)28(21)7-9-29(10-8-28,27(33)34-3)31-23-6-4-5-22(30)14-23/h4-6,13-15,18-19,21,31-32H,7-12,16-17H2,1-3H3/t18-,19+,21+,28?,29?/m1/s1. The number of benzene rings is 2. The average molecular weight is 514 g/mol. The zero-order valence-corrected chi connectivity index (χ0v) is 22.1. The first-order chi connectivity index (χ1) is 17.3. The van der Waals surface area contributed by atoms with Crippen LogP contribution < -0.4 is 14.8 Å². The topological polar surface area (TPSA) is 77.0 Å². The molecule has 0 aromatic heterocycles. The van der Waals surface area contributed by atoms with Crippen LogP contribution in [0.15, 0.2) is 36.4 Å². The second-order valence-electron chi connectivity index (χ2n) is 11.0. The zero-order valence-electron chi connectivity index (χ0n) is 21.3. The molecule has 5 rings (SSSR count). The van der Waals surface area contributed by atoms with Crippen LogP contribution in [0.25, 0.3) is 0 Å². The van der Waals surface area contributed by atoms with E-state index in [1.54, 1.807) is 0 Å². The van der Waals surface area contributed by atoms with Gasteiger partial charge in [-0.25, -0.2) is 4.79 Å². The third-order valence-corrected chi connectivity index (χ3v) is 8.77. The number of ether oxygens (including phenoxy) is 3. The van der Waals surface area contributed by atoms with Gasteiger partial charge in [0.25, 0.3) is 0 Å². The molecule has 0 unspecified atom stereocenters. The molecule has 1 fully saturated rings. The summed E-state index contributed by atoms with van der Waals surface area (Å²) < 4.78 is 17.4. The summed E-state index contributed by atoms with van der Waals surface area (Å²) >= 11 is 6.23. The lowest BCUT2D eigenvalue weighted by atomic mass is 9.59. The molecular formula is C29H36ClNO5. The smallest absolute Gasteiger partial charge is 0.331 e. The van der Waals surface area contributed by atoms with Crippen LogP contribution in [0.3, 0.4) is 0 Å². The molecule has 36 heavy (non-hydrogen) atoms. The minimum absolute atomic E-state index is 0.0315. The quantitative estimate of drug-likeness (QED) is 0.495. The Balaban J connectivity index is 1.49. The van der Waals surface area contributed by atoms with Gasteiger partial charge in [0.1, 0.15) is 18.2 Å². The molecule has 1 saturated carbocycles. The Morgan fingerprint density at radius 3 is 2.69 bits per heavy atom. The molecule has 3 aliphatic rings. The number of hydrogen-bond donors (Lipinski definition) is 2. The second-order valence-corrected chi connectivity index (χ2v) is 11.4. The van der Waals surface area contributed by atoms with E-state index in [4.69, 9.17) is 25.8 Å². The molecule has 0 bridgehead atoms. The fraction of sp³-hybridized carbons (Fsp3) is 0.552. The lowest BCUT2D eigenvalue weighted by molar-refractivity contribution is -0.148. The summed E-state index contributed by atoms with van der Waals surface area (Å²) in [4.78, 5) is 13.2. The highest BCUT2D eigenvalue weighted by Gasteiger charge is 2.54. The van der Waals surface area contributed by atoms with E-state index in [1.165, 1.54) is 18.2 Å². The maximum absolute atomic E-state index is 13.2. The number of methoxy groups -OCH3 is 1. The first-order valence-electron chi connectivity index (χ1n) is 13.0. The number of halogens is 1. The molecule has 2 aliphatic carbocycles. The van der Waals surface area contributed by atoms with Crippen molar-refractivity contribution in [2.45, 2.75) is 69.4 Å². The van der Waals surface area contributed by atoms with Gasteiger partial charge in [-0.3, -0.25) is 0 Å². The van der Waals surface area contributed by atoms with E-state index in [9.17, 15) is 9.90 Å². The Hall–Kier alpha value is -2.44. The van der Waals surface area contributed by atoms with Crippen molar-refractivity contribution < 1.29 is 24.1 Å². The minimum Gasteiger partial charge on any atom is -0.486 e. The SMILES string of the molecule is COC(=O)C1(Nc2cccc(Cl)c2)CCC2(CC1)c1cc3c(cc1C[C@@H]2C[C@@H](C)CO)O[C@@H](C)CO3. The summed E-state index contributed by atoms with van der Waals surface area (Å²) in [6.45, 7) is 4.84. The van der Waals surface area contributed by atoms with Crippen molar-refractivity contribution in [1.29, 1.82) is 0 Å².